The molecule has 7 aromatic carbocycles. The zero-order valence-electron chi connectivity index (χ0n) is 78.9. The standard InChI is InChI=1S/C16H18N2O.C16H20N2.C14H17NS.C13H17ClO.C13H17FO.C12H15FO.C12H18.C10H17NS/c1-11-17-10-13(15(19)16(2,3)4)14(18-11)12-8-6-5-7-9-12;1-16(2,3)14-11-12-17-15(18-14)10-9-13-7-5-4-6-8-13;1-10-6-5-7-11(8-10)12-9-16-13(15-12)14(2,3)4;1-9-7-10(5-6-11(9)14)8-12(15)13(2,3)4;1-9-5-10(7-11(14)6-9)8-12(15)13(2,3)4;1-8-7-9(5-6-10(8)13)11(14)12(2,3)4;1-10-5-7-11(8-6-10)9-12(2,3)4;1-7-9(6-10(3,4)5)12-8(2)11-7/h5-10H,1-4H3;4-8,11-12H,9-10H2,1-3H3;5-9H,1-4H3;2*5-7H,8H2,1-4H3;5-7H,1-4H3;5-8H,9H2,1-4H3;6H2,1-5H3. The summed E-state index contributed by atoms with van der Waals surface area (Å²) in [5, 5.41) is 5.28. The lowest BCUT2D eigenvalue weighted by Crippen LogP contribution is -2.22. The van der Waals surface area contributed by atoms with Crippen LogP contribution < -0.4 is 0 Å². The fraction of sp³-hybridized carbons (Fsp3) is 0.434. The molecule has 10 nitrogen and oxygen atoms in total. The highest BCUT2D eigenvalue weighted by molar-refractivity contribution is 7.11. The van der Waals surface area contributed by atoms with E-state index >= 15 is 0 Å². The van der Waals surface area contributed by atoms with Gasteiger partial charge in [0.1, 0.15) is 34.8 Å². The monoisotopic (exact) mass is 1700 g/mol. The Hall–Kier alpha value is -9.21. The number of aromatic nitrogens is 6. The number of rotatable bonds is 13. The highest BCUT2D eigenvalue weighted by Gasteiger charge is 2.29. The van der Waals surface area contributed by atoms with Crippen molar-refractivity contribution in [3.63, 3.8) is 0 Å². The quantitative estimate of drug-likeness (QED) is 0.102. The van der Waals surface area contributed by atoms with Crippen LogP contribution >= 0.6 is 34.3 Å². The van der Waals surface area contributed by atoms with Crippen molar-refractivity contribution in [1.82, 2.24) is 29.9 Å². The molecule has 121 heavy (non-hydrogen) atoms. The molecule has 650 valence electrons. The van der Waals surface area contributed by atoms with Gasteiger partial charge in [0.15, 0.2) is 11.6 Å². The number of hydrogen-bond donors (Lipinski definition) is 0. The van der Waals surface area contributed by atoms with E-state index in [1.165, 1.54) is 72.7 Å². The van der Waals surface area contributed by atoms with Gasteiger partial charge in [-0.3, -0.25) is 19.2 Å². The molecule has 11 rings (SSSR count). The van der Waals surface area contributed by atoms with Gasteiger partial charge < -0.3 is 0 Å². The number of nitrogens with zero attached hydrogens (tertiary/aromatic N) is 6. The van der Waals surface area contributed by atoms with E-state index in [1.807, 2.05) is 188 Å². The molecule has 0 bridgehead atoms. The van der Waals surface area contributed by atoms with E-state index in [4.69, 9.17) is 16.6 Å². The molecule has 11 aromatic rings. The van der Waals surface area contributed by atoms with Crippen LogP contribution in [0.4, 0.5) is 8.78 Å². The van der Waals surface area contributed by atoms with Crippen molar-refractivity contribution >= 4 is 57.4 Å². The summed E-state index contributed by atoms with van der Waals surface area (Å²) >= 11 is 9.50. The number of carbonyl (C=O) groups excluding carboxylic acids is 4. The molecule has 0 N–H and O–H groups in total. The summed E-state index contributed by atoms with van der Waals surface area (Å²) < 4.78 is 26.0. The van der Waals surface area contributed by atoms with E-state index in [-0.39, 0.29) is 56.4 Å². The molecule has 4 heterocycles. The second-order valence-corrected chi connectivity index (χ2v) is 42.6. The SMILES string of the molecule is CC(C)(C)c1ccnc(CCc2ccccc2)n1.Cc1cc(C(=O)C(C)(C)C)ccc1F.Cc1cc(CC(=O)C(C)(C)C)ccc1Cl.Cc1cc(F)cc(CC(=O)C(C)(C)C)c1.Cc1ccc(CC(C)(C)C)cc1.Cc1cccc(-c2csc(C(C)(C)C)n2)c1.Cc1nc(C)c(CC(C)(C)C)s1.Cc1ncc(C(=O)C(C)(C)C)c(-c2ccccc2)n1. The van der Waals surface area contributed by atoms with Crippen LogP contribution in [0.1, 0.15) is 275 Å². The van der Waals surface area contributed by atoms with Gasteiger partial charge in [-0.25, -0.2) is 38.7 Å². The van der Waals surface area contributed by atoms with Crippen LogP contribution in [0.2, 0.25) is 5.02 Å². The molecule has 4 aromatic heterocycles. The van der Waals surface area contributed by atoms with Crippen LogP contribution in [-0.4, -0.2) is 53.0 Å². The number of aryl methyl sites for hydroxylation is 10. The van der Waals surface area contributed by atoms with Crippen molar-refractivity contribution in [3.8, 4) is 22.5 Å². The maximum absolute atomic E-state index is 13.1. The van der Waals surface area contributed by atoms with E-state index in [2.05, 4.69) is 214 Å². The highest BCUT2D eigenvalue weighted by atomic mass is 35.5. The van der Waals surface area contributed by atoms with E-state index in [9.17, 15) is 28.0 Å². The Balaban J connectivity index is 0.000000292. The maximum atomic E-state index is 13.1. The van der Waals surface area contributed by atoms with Gasteiger partial charge in [0.2, 0.25) is 0 Å². The van der Waals surface area contributed by atoms with Crippen molar-refractivity contribution < 1.29 is 28.0 Å². The summed E-state index contributed by atoms with van der Waals surface area (Å²) in [6.45, 7) is 65.2. The molecular weight excluding hydrogens is 1560 g/mol. The minimum Gasteiger partial charge on any atom is -0.299 e. The average molecular weight is 1700 g/mol. The number of ketones is 4. The summed E-state index contributed by atoms with van der Waals surface area (Å²) in [5.41, 5.74) is 16.6. The molecule has 0 fully saturated rings. The summed E-state index contributed by atoms with van der Waals surface area (Å²) in [4.78, 5) is 76.0. The fourth-order valence-corrected chi connectivity index (χ4v) is 13.9. The Kier molecular flexibility index (Phi) is 39.4. The molecule has 0 aliphatic heterocycles. The first-order valence-corrected chi connectivity index (χ1v) is 44.0. The molecular formula is C106H139ClF2N6O4S2. The average Bonchev–Trinajstić information content (AvgIpc) is 1.60. The van der Waals surface area contributed by atoms with Gasteiger partial charge in [0.25, 0.3) is 0 Å². The van der Waals surface area contributed by atoms with Gasteiger partial charge in [-0.15, -0.1) is 22.7 Å². The lowest BCUT2D eigenvalue weighted by molar-refractivity contribution is -0.126. The minimum absolute atomic E-state index is 0.0422. The van der Waals surface area contributed by atoms with Crippen molar-refractivity contribution in [2.24, 2.45) is 32.5 Å². The number of Topliss-reactive ketones (excluding diaryl/α,β-unsaturated/α-hetero) is 4. The van der Waals surface area contributed by atoms with Crippen LogP contribution in [0.5, 0.6) is 0 Å². The predicted octanol–water partition coefficient (Wildman–Crippen LogP) is 29.0. The number of thiazole rings is 2. The molecule has 0 aliphatic carbocycles. The van der Waals surface area contributed by atoms with Crippen molar-refractivity contribution in [2.75, 3.05) is 0 Å². The highest BCUT2D eigenvalue weighted by Crippen LogP contribution is 2.33. The lowest BCUT2D eigenvalue weighted by Gasteiger charge is -2.18. The second-order valence-electron chi connectivity index (χ2n) is 40.0. The van der Waals surface area contributed by atoms with Crippen LogP contribution in [0.3, 0.4) is 0 Å². The third-order valence-electron chi connectivity index (χ3n) is 18.7. The molecule has 0 aliphatic rings. The van der Waals surface area contributed by atoms with Crippen molar-refractivity contribution in [1.29, 1.82) is 0 Å². The van der Waals surface area contributed by atoms with E-state index < -0.39 is 10.8 Å². The number of carbonyl (C=O) groups is 4. The Morgan fingerprint density at radius 1 is 0.430 bits per heavy atom. The fourth-order valence-electron chi connectivity index (χ4n) is 11.6. The van der Waals surface area contributed by atoms with Gasteiger partial charge in [-0.2, -0.15) is 0 Å². The third-order valence-corrected chi connectivity index (χ3v) is 21.4. The largest absolute Gasteiger partial charge is 0.299 e. The van der Waals surface area contributed by atoms with E-state index in [1.54, 1.807) is 30.5 Å². The Bertz CT molecular complexity index is 5110. The maximum Gasteiger partial charge on any atom is 0.171 e. The molecule has 0 unspecified atom stereocenters. The van der Waals surface area contributed by atoms with E-state index in [0.717, 1.165) is 75.7 Å². The molecule has 0 saturated heterocycles. The zero-order valence-corrected chi connectivity index (χ0v) is 81.3. The first-order valence-electron chi connectivity index (χ1n) is 41.9. The minimum atomic E-state index is -0.442. The molecule has 0 amide bonds. The van der Waals surface area contributed by atoms with E-state index in [0.29, 0.717) is 51.9 Å². The Labute approximate surface area is 739 Å². The lowest BCUT2D eigenvalue weighted by atomic mass is 9.85. The van der Waals surface area contributed by atoms with Gasteiger partial charge >= 0.3 is 0 Å². The van der Waals surface area contributed by atoms with Crippen LogP contribution in [0.15, 0.2) is 188 Å². The zero-order chi connectivity index (χ0) is 91.6. The summed E-state index contributed by atoms with van der Waals surface area (Å²) in [6, 6.07) is 54.5. The summed E-state index contributed by atoms with van der Waals surface area (Å²) in [5.74, 6) is 1.56. The second kappa shape index (κ2) is 45.8. The molecule has 0 atom stereocenters. The third kappa shape index (κ3) is 38.8. The molecule has 15 heteroatoms. The predicted molar refractivity (Wildman–Crippen MR) is 509 cm³/mol. The van der Waals surface area contributed by atoms with Gasteiger partial charge in [-0.1, -0.05) is 310 Å². The normalized spacial score (nSPS) is 11.6. The number of hydrogen-bond acceptors (Lipinski definition) is 12. The van der Waals surface area contributed by atoms with Gasteiger partial charge in [0.05, 0.1) is 32.7 Å². The number of halogens is 3. The molecule has 0 saturated carbocycles. The molecule has 0 radical (unpaired) electrons. The van der Waals surface area contributed by atoms with Crippen LogP contribution in [0.25, 0.3) is 22.5 Å². The first-order chi connectivity index (χ1) is 55.7. The first kappa shape index (κ1) is 104. The van der Waals surface area contributed by atoms with Crippen molar-refractivity contribution in [2.45, 2.75) is 271 Å². The van der Waals surface area contributed by atoms with Gasteiger partial charge in [0, 0.05) is 102 Å². The van der Waals surface area contributed by atoms with Crippen molar-refractivity contribution in [3.05, 3.63) is 303 Å². The van der Waals surface area contributed by atoms with Crippen LogP contribution in [-0.2, 0) is 58.9 Å². The molecule has 0 spiro atoms. The topological polar surface area (TPSA) is 146 Å². The van der Waals surface area contributed by atoms with Crippen LogP contribution in [0, 0.1) is 99.5 Å². The Morgan fingerprint density at radius 2 is 0.983 bits per heavy atom. The summed E-state index contributed by atoms with van der Waals surface area (Å²) in [7, 11) is 0. The Morgan fingerprint density at radius 3 is 1.47 bits per heavy atom. The number of benzene rings is 7. The van der Waals surface area contributed by atoms with Gasteiger partial charge in [-0.05, 0) is 173 Å². The summed E-state index contributed by atoms with van der Waals surface area (Å²) in [6.07, 6.45) is 8.50. The smallest absolute Gasteiger partial charge is 0.171 e.